The molecule has 42 heavy (non-hydrogen) atoms. The number of benzene rings is 2. The van der Waals surface area contributed by atoms with E-state index < -0.39 is 19.6 Å². The van der Waals surface area contributed by atoms with Gasteiger partial charge in [0.1, 0.15) is 0 Å². The van der Waals surface area contributed by atoms with Gasteiger partial charge in [0.05, 0.1) is 17.7 Å². The lowest BCUT2D eigenvalue weighted by atomic mass is 9.59. The van der Waals surface area contributed by atoms with Crippen LogP contribution in [0, 0.1) is 17.8 Å². The van der Waals surface area contributed by atoms with E-state index in [0.717, 1.165) is 25.7 Å². The van der Waals surface area contributed by atoms with E-state index in [-0.39, 0.29) is 29.1 Å². The van der Waals surface area contributed by atoms with Gasteiger partial charge in [-0.25, -0.2) is 0 Å². The van der Waals surface area contributed by atoms with Gasteiger partial charge in [-0.3, -0.25) is 0 Å². The molecule has 1 aliphatic carbocycles. The molecule has 0 N–H and O–H groups in total. The van der Waals surface area contributed by atoms with E-state index in [1.165, 1.54) is 16.8 Å². The van der Waals surface area contributed by atoms with Crippen LogP contribution in [0.25, 0.3) is 10.4 Å². The van der Waals surface area contributed by atoms with Crippen LogP contribution in [-0.2, 0) is 13.9 Å². The zero-order chi connectivity index (χ0) is 30.6. The van der Waals surface area contributed by atoms with Crippen LogP contribution in [0.5, 0.6) is 0 Å². The largest absolute Gasteiger partial charge is 0.407 e. The molecule has 0 amide bonds. The monoisotopic (exact) mass is 591 g/mol. The zero-order valence-electron chi connectivity index (χ0n) is 27.2. The van der Waals surface area contributed by atoms with Gasteiger partial charge in [-0.2, -0.15) is 0 Å². The fourth-order valence-corrected chi connectivity index (χ4v) is 12.7. The van der Waals surface area contributed by atoms with Crippen LogP contribution in [0.2, 0.25) is 5.04 Å². The highest BCUT2D eigenvalue weighted by molar-refractivity contribution is 6.99. The van der Waals surface area contributed by atoms with Crippen molar-refractivity contribution in [3.8, 4) is 0 Å². The third-order valence-corrected chi connectivity index (χ3v) is 15.2. The van der Waals surface area contributed by atoms with Gasteiger partial charge in [-0.15, -0.1) is 0 Å². The molecule has 6 nitrogen and oxygen atoms in total. The minimum absolute atomic E-state index is 0.0614. The first-order valence-electron chi connectivity index (χ1n) is 16.1. The Morgan fingerprint density at radius 1 is 0.952 bits per heavy atom. The Labute approximate surface area is 255 Å². The van der Waals surface area contributed by atoms with Crippen molar-refractivity contribution in [2.24, 2.45) is 22.9 Å². The van der Waals surface area contributed by atoms with Gasteiger partial charge in [0.2, 0.25) is 0 Å². The first-order valence-corrected chi connectivity index (χ1v) is 18.0. The minimum Gasteiger partial charge on any atom is -0.407 e. The van der Waals surface area contributed by atoms with Gasteiger partial charge in [0.25, 0.3) is 8.32 Å². The summed E-state index contributed by atoms with van der Waals surface area (Å²) < 4.78 is 20.5. The van der Waals surface area contributed by atoms with E-state index >= 15 is 0 Å². The summed E-state index contributed by atoms with van der Waals surface area (Å²) in [5.41, 5.74) is 9.25. The van der Waals surface area contributed by atoms with Crippen LogP contribution in [0.15, 0.2) is 65.8 Å². The molecule has 2 aromatic rings. The summed E-state index contributed by atoms with van der Waals surface area (Å²) in [5.74, 6) is 0.234. The molecule has 0 spiro atoms. The molecule has 2 aliphatic rings. The molecule has 2 fully saturated rings. The molecule has 2 aromatic carbocycles. The number of azide groups is 1. The van der Waals surface area contributed by atoms with Crippen molar-refractivity contribution >= 4 is 18.7 Å². The molecule has 1 unspecified atom stereocenters. The third kappa shape index (κ3) is 6.37. The van der Waals surface area contributed by atoms with Crippen molar-refractivity contribution in [2.45, 2.75) is 122 Å². The number of hydrogen-bond donors (Lipinski definition) is 0. The van der Waals surface area contributed by atoms with Crippen molar-refractivity contribution in [3.05, 3.63) is 71.1 Å². The first kappa shape index (κ1) is 32.8. The highest BCUT2D eigenvalue weighted by Gasteiger charge is 2.56. The Morgan fingerprint density at radius 2 is 1.55 bits per heavy atom. The standard InChI is InChI=1S/C35H53N3O3Si/c1-9-16-28-22-21-26(2)35(27(28)3,37-38-36)32-25-29(40-34(7,8)41-32)23-24-39-42(33(4,5)6,30-17-12-10-13-18-30)31-19-14-11-15-20-31/h10-15,17-20,26-29,32H,9,16,21-25H2,1-8H3/t26-,27-,28+,29?,32-,35+/m0/s1. The maximum absolute atomic E-state index is 9.84. The second-order valence-electron chi connectivity index (χ2n) is 14.2. The van der Waals surface area contributed by atoms with E-state index in [1.807, 2.05) is 13.8 Å². The Hall–Kier alpha value is -2.15. The second kappa shape index (κ2) is 13.2. The predicted octanol–water partition coefficient (Wildman–Crippen LogP) is 8.39. The fourth-order valence-electron chi connectivity index (χ4n) is 8.15. The number of nitrogens with zero attached hydrogens (tertiary/aromatic N) is 3. The van der Waals surface area contributed by atoms with Gasteiger partial charge >= 0.3 is 0 Å². The summed E-state index contributed by atoms with van der Waals surface area (Å²) in [7, 11) is -2.64. The van der Waals surface area contributed by atoms with Gasteiger partial charge in [-0.1, -0.05) is 120 Å². The van der Waals surface area contributed by atoms with E-state index in [9.17, 15) is 5.53 Å². The zero-order valence-corrected chi connectivity index (χ0v) is 28.2. The van der Waals surface area contributed by atoms with Crippen molar-refractivity contribution < 1.29 is 13.9 Å². The lowest BCUT2D eigenvalue weighted by Crippen LogP contribution is -2.66. The highest BCUT2D eigenvalue weighted by atomic mass is 28.4. The molecule has 1 saturated carbocycles. The van der Waals surface area contributed by atoms with Crippen LogP contribution in [0.4, 0.5) is 0 Å². The maximum atomic E-state index is 9.84. The smallest absolute Gasteiger partial charge is 0.261 e. The molecular weight excluding hydrogens is 538 g/mol. The molecule has 1 saturated heterocycles. The first-order chi connectivity index (χ1) is 19.9. The maximum Gasteiger partial charge on any atom is 0.261 e. The lowest BCUT2D eigenvalue weighted by molar-refractivity contribution is -0.319. The molecule has 230 valence electrons. The SMILES string of the molecule is CCC[C@@H]1CC[C@H](C)[C@](N=[N+]=[N-])([C@@H]2CC(CCO[Si](c3ccccc3)(c3ccccc3)C(C)(C)C)OC(C)(C)O2)[C@H]1C. The molecular formula is C35H53N3O3Si. The number of ether oxygens (including phenoxy) is 2. The quantitative estimate of drug-likeness (QED) is 0.120. The lowest BCUT2D eigenvalue weighted by Gasteiger charge is -2.55. The van der Waals surface area contributed by atoms with Gasteiger partial charge in [-0.05, 0) is 71.8 Å². The van der Waals surface area contributed by atoms with Crippen LogP contribution in [0.1, 0.15) is 93.9 Å². The summed E-state index contributed by atoms with van der Waals surface area (Å²) in [6.45, 7) is 18.3. The summed E-state index contributed by atoms with van der Waals surface area (Å²) >= 11 is 0. The summed E-state index contributed by atoms with van der Waals surface area (Å²) in [5, 5.41) is 7.12. The molecule has 4 rings (SSSR count). The molecule has 1 aliphatic heterocycles. The molecule has 6 atom stereocenters. The Morgan fingerprint density at radius 3 is 2.07 bits per heavy atom. The highest BCUT2D eigenvalue weighted by Crippen LogP contribution is 2.51. The third-order valence-electron chi connectivity index (χ3n) is 10.1. The fraction of sp³-hybridized carbons (Fsp3) is 0.657. The Balaban J connectivity index is 1.62. The molecule has 0 radical (unpaired) electrons. The second-order valence-corrected chi connectivity index (χ2v) is 18.5. The van der Waals surface area contributed by atoms with Crippen molar-refractivity contribution in [1.29, 1.82) is 0 Å². The summed E-state index contributed by atoms with van der Waals surface area (Å²) in [4.78, 5) is 3.45. The average molecular weight is 592 g/mol. The van der Waals surface area contributed by atoms with Gasteiger partial charge in [0, 0.05) is 17.9 Å². The predicted molar refractivity (Wildman–Crippen MR) is 174 cm³/mol. The number of hydrogen-bond acceptors (Lipinski definition) is 4. The van der Waals surface area contributed by atoms with Crippen LogP contribution in [-0.4, -0.2) is 38.5 Å². The van der Waals surface area contributed by atoms with Crippen LogP contribution < -0.4 is 10.4 Å². The molecule has 0 aromatic heterocycles. The normalized spacial score (nSPS) is 30.0. The Bertz CT molecular complexity index is 1160. The summed E-state index contributed by atoms with van der Waals surface area (Å²) in [6, 6.07) is 21.6. The van der Waals surface area contributed by atoms with Crippen molar-refractivity contribution in [1.82, 2.24) is 0 Å². The van der Waals surface area contributed by atoms with E-state index in [1.54, 1.807) is 0 Å². The topological polar surface area (TPSA) is 76.5 Å². The van der Waals surface area contributed by atoms with E-state index in [0.29, 0.717) is 18.9 Å². The Kier molecular flexibility index (Phi) is 10.3. The van der Waals surface area contributed by atoms with Crippen LogP contribution >= 0.6 is 0 Å². The van der Waals surface area contributed by atoms with Crippen molar-refractivity contribution in [2.75, 3.05) is 6.61 Å². The minimum atomic E-state index is -2.64. The van der Waals surface area contributed by atoms with E-state index in [4.69, 9.17) is 13.9 Å². The summed E-state index contributed by atoms with van der Waals surface area (Å²) in [6.07, 6.45) is 5.70. The number of rotatable bonds is 10. The van der Waals surface area contributed by atoms with E-state index in [2.05, 4.69) is 112 Å². The van der Waals surface area contributed by atoms with Gasteiger partial charge < -0.3 is 13.9 Å². The van der Waals surface area contributed by atoms with Crippen molar-refractivity contribution in [3.63, 3.8) is 0 Å². The molecule has 1 heterocycles. The van der Waals surface area contributed by atoms with Gasteiger partial charge in [0.15, 0.2) is 5.79 Å². The molecule has 7 heteroatoms. The average Bonchev–Trinajstić information content (AvgIpc) is 2.94. The van der Waals surface area contributed by atoms with Crippen LogP contribution in [0.3, 0.4) is 0 Å². The molecule has 0 bridgehead atoms.